The van der Waals surface area contributed by atoms with E-state index in [4.69, 9.17) is 0 Å². The molecule has 1 saturated heterocycles. The fourth-order valence-electron chi connectivity index (χ4n) is 3.24. The number of hydrogen-bond acceptors (Lipinski definition) is 2. The maximum Gasteiger partial charge on any atom is 0.319 e. The van der Waals surface area contributed by atoms with Gasteiger partial charge in [-0.15, -0.1) is 0 Å². The lowest BCUT2D eigenvalue weighted by Crippen LogP contribution is -2.33. The van der Waals surface area contributed by atoms with Gasteiger partial charge in [0.1, 0.15) is 5.82 Å². The van der Waals surface area contributed by atoms with Crippen molar-refractivity contribution in [3.63, 3.8) is 0 Å². The zero-order valence-electron chi connectivity index (χ0n) is 15.1. The van der Waals surface area contributed by atoms with Gasteiger partial charge >= 0.3 is 6.03 Å². The molecular formula is C20H22F3N3O. The van der Waals surface area contributed by atoms with Gasteiger partial charge in [0.15, 0.2) is 11.6 Å². The van der Waals surface area contributed by atoms with Crippen molar-refractivity contribution in [2.75, 3.05) is 23.3 Å². The molecule has 0 aliphatic carbocycles. The van der Waals surface area contributed by atoms with Crippen LogP contribution in [0, 0.1) is 17.5 Å². The van der Waals surface area contributed by atoms with E-state index in [1.165, 1.54) is 18.2 Å². The highest BCUT2D eigenvalue weighted by Crippen LogP contribution is 2.29. The van der Waals surface area contributed by atoms with Crippen LogP contribution in [-0.4, -0.2) is 19.1 Å². The average Bonchev–Trinajstić information content (AvgIpc) is 2.64. The van der Waals surface area contributed by atoms with Crippen LogP contribution in [0.4, 0.5) is 29.3 Å². The Morgan fingerprint density at radius 2 is 1.74 bits per heavy atom. The first-order chi connectivity index (χ1) is 12.9. The van der Waals surface area contributed by atoms with E-state index in [-0.39, 0.29) is 0 Å². The molecule has 0 aromatic heterocycles. The molecule has 1 aliphatic heterocycles. The Morgan fingerprint density at radius 3 is 2.44 bits per heavy atom. The summed E-state index contributed by atoms with van der Waals surface area (Å²) >= 11 is 0. The van der Waals surface area contributed by atoms with E-state index in [0.717, 1.165) is 50.2 Å². The first-order valence-electron chi connectivity index (χ1n) is 9.01. The van der Waals surface area contributed by atoms with Crippen molar-refractivity contribution < 1.29 is 18.0 Å². The Bertz CT molecular complexity index is 822. The van der Waals surface area contributed by atoms with E-state index in [2.05, 4.69) is 15.5 Å². The van der Waals surface area contributed by atoms with E-state index >= 15 is 0 Å². The smallest absolute Gasteiger partial charge is 0.319 e. The lowest BCUT2D eigenvalue weighted by Gasteiger charge is -2.30. The van der Waals surface area contributed by atoms with Crippen molar-refractivity contribution in [3.05, 3.63) is 59.4 Å². The van der Waals surface area contributed by atoms with Crippen LogP contribution in [0.5, 0.6) is 0 Å². The van der Waals surface area contributed by atoms with Gasteiger partial charge in [0, 0.05) is 13.1 Å². The van der Waals surface area contributed by atoms with Crippen molar-refractivity contribution in [1.82, 2.24) is 5.32 Å². The number of hydrogen-bond donors (Lipinski definition) is 2. The minimum absolute atomic E-state index is 0.381. The van der Waals surface area contributed by atoms with E-state index < -0.39 is 29.5 Å². The Morgan fingerprint density at radius 1 is 1.00 bits per heavy atom. The van der Waals surface area contributed by atoms with Gasteiger partial charge in [-0.1, -0.05) is 6.07 Å². The number of benzene rings is 2. The zero-order chi connectivity index (χ0) is 19.4. The third-order valence-electron chi connectivity index (χ3n) is 4.69. The molecule has 1 heterocycles. The van der Waals surface area contributed by atoms with Gasteiger partial charge in [-0.2, -0.15) is 0 Å². The number of rotatable bonds is 4. The quantitative estimate of drug-likeness (QED) is 0.790. The first kappa shape index (κ1) is 19.1. The second-order valence-corrected chi connectivity index (χ2v) is 6.70. The molecule has 0 radical (unpaired) electrons. The second kappa shape index (κ2) is 8.33. The molecule has 2 amide bonds. The molecule has 27 heavy (non-hydrogen) atoms. The Labute approximate surface area is 156 Å². The summed E-state index contributed by atoms with van der Waals surface area (Å²) in [6.07, 6.45) is 3.26. The van der Waals surface area contributed by atoms with E-state index in [1.807, 2.05) is 0 Å². The number of amides is 2. The lowest BCUT2D eigenvalue weighted by molar-refractivity contribution is 0.249. The van der Waals surface area contributed by atoms with Gasteiger partial charge in [-0.3, -0.25) is 0 Å². The summed E-state index contributed by atoms with van der Waals surface area (Å²) in [7, 11) is 0. The van der Waals surface area contributed by atoms with Crippen molar-refractivity contribution in [2.24, 2.45) is 0 Å². The average molecular weight is 377 g/mol. The first-order valence-corrected chi connectivity index (χ1v) is 9.01. The van der Waals surface area contributed by atoms with Crippen LogP contribution in [0.2, 0.25) is 0 Å². The van der Waals surface area contributed by atoms with Crippen molar-refractivity contribution >= 4 is 17.4 Å². The van der Waals surface area contributed by atoms with Gasteiger partial charge in [0.2, 0.25) is 0 Å². The van der Waals surface area contributed by atoms with Crippen LogP contribution in [0.15, 0.2) is 36.4 Å². The molecule has 1 atom stereocenters. The fourth-order valence-corrected chi connectivity index (χ4v) is 3.24. The summed E-state index contributed by atoms with van der Waals surface area (Å²) < 4.78 is 40.1. The molecule has 7 heteroatoms. The SMILES string of the molecule is CC(NC(=O)Nc1cc(F)ccc1N1CCCCC1)c1ccc(F)c(F)c1. The van der Waals surface area contributed by atoms with E-state index in [9.17, 15) is 18.0 Å². The van der Waals surface area contributed by atoms with Crippen molar-refractivity contribution in [1.29, 1.82) is 0 Å². The number of anilines is 2. The monoisotopic (exact) mass is 377 g/mol. The maximum absolute atomic E-state index is 13.7. The van der Waals surface area contributed by atoms with Crippen LogP contribution in [-0.2, 0) is 0 Å². The zero-order valence-corrected chi connectivity index (χ0v) is 15.1. The summed E-state index contributed by atoms with van der Waals surface area (Å²) in [5.74, 6) is -2.36. The Balaban J connectivity index is 1.71. The molecular weight excluding hydrogens is 355 g/mol. The summed E-state index contributed by atoms with van der Waals surface area (Å²) in [5, 5.41) is 5.34. The third-order valence-corrected chi connectivity index (χ3v) is 4.69. The predicted molar refractivity (Wildman–Crippen MR) is 99.4 cm³/mol. The minimum Gasteiger partial charge on any atom is -0.370 e. The summed E-state index contributed by atoms with van der Waals surface area (Å²) in [4.78, 5) is 14.5. The minimum atomic E-state index is -0.973. The number of halogens is 3. The van der Waals surface area contributed by atoms with E-state index in [0.29, 0.717) is 11.3 Å². The molecule has 0 spiro atoms. The van der Waals surface area contributed by atoms with Crippen molar-refractivity contribution in [2.45, 2.75) is 32.2 Å². The number of urea groups is 1. The fraction of sp³-hybridized carbons (Fsp3) is 0.350. The summed E-state index contributed by atoms with van der Waals surface area (Å²) in [5.41, 5.74) is 1.58. The molecule has 2 aromatic carbocycles. The third kappa shape index (κ3) is 4.72. The Kier molecular flexibility index (Phi) is 5.88. The number of nitrogens with zero attached hydrogens (tertiary/aromatic N) is 1. The molecule has 1 aliphatic rings. The molecule has 0 saturated carbocycles. The molecule has 144 valence electrons. The molecule has 1 fully saturated rings. The highest BCUT2D eigenvalue weighted by molar-refractivity contribution is 5.93. The maximum atomic E-state index is 13.7. The molecule has 3 rings (SSSR count). The summed E-state index contributed by atoms with van der Waals surface area (Å²) in [6.45, 7) is 3.36. The topological polar surface area (TPSA) is 44.4 Å². The van der Waals surface area contributed by atoms with Crippen molar-refractivity contribution in [3.8, 4) is 0 Å². The second-order valence-electron chi connectivity index (χ2n) is 6.70. The number of carbonyl (C=O) groups excluding carboxylic acids is 1. The Hall–Kier alpha value is -2.70. The van der Waals surface area contributed by atoms with Crippen LogP contribution in [0.25, 0.3) is 0 Å². The lowest BCUT2D eigenvalue weighted by atomic mass is 10.1. The molecule has 2 aromatic rings. The molecule has 1 unspecified atom stereocenters. The van der Waals surface area contributed by atoms with Gasteiger partial charge in [0.05, 0.1) is 17.4 Å². The normalized spacial score (nSPS) is 15.3. The number of carbonyl (C=O) groups is 1. The van der Waals surface area contributed by atoms with Gasteiger partial charge in [-0.05, 0) is 62.1 Å². The van der Waals surface area contributed by atoms with Crippen LogP contribution >= 0.6 is 0 Å². The van der Waals surface area contributed by atoms with Crippen LogP contribution < -0.4 is 15.5 Å². The van der Waals surface area contributed by atoms with Crippen LogP contribution in [0.1, 0.15) is 37.8 Å². The van der Waals surface area contributed by atoms with Crippen LogP contribution in [0.3, 0.4) is 0 Å². The molecule has 0 bridgehead atoms. The largest absolute Gasteiger partial charge is 0.370 e. The standard InChI is InChI=1S/C20H22F3N3O/c1-13(14-5-7-16(22)17(23)11-14)24-20(27)25-18-12-15(21)6-8-19(18)26-9-3-2-4-10-26/h5-8,11-13H,2-4,9-10H2,1H3,(H2,24,25,27). The van der Waals surface area contributed by atoms with E-state index in [1.54, 1.807) is 13.0 Å². The van der Waals surface area contributed by atoms with Gasteiger partial charge < -0.3 is 15.5 Å². The van der Waals surface area contributed by atoms with Gasteiger partial charge in [-0.25, -0.2) is 18.0 Å². The van der Waals surface area contributed by atoms with Gasteiger partial charge in [0.25, 0.3) is 0 Å². The number of piperidine rings is 1. The number of nitrogens with one attached hydrogen (secondary N) is 2. The summed E-state index contributed by atoms with van der Waals surface area (Å²) in [6, 6.07) is 6.69. The predicted octanol–water partition coefficient (Wildman–Crippen LogP) is 4.98. The highest BCUT2D eigenvalue weighted by Gasteiger charge is 2.18. The highest BCUT2D eigenvalue weighted by atomic mass is 19.2. The molecule has 2 N–H and O–H groups in total. The molecule has 4 nitrogen and oxygen atoms in total.